The number of nitrogens with one attached hydrogen (secondary N) is 1. The van der Waals surface area contributed by atoms with Gasteiger partial charge >= 0.3 is 0 Å². The summed E-state index contributed by atoms with van der Waals surface area (Å²) < 4.78 is 0. The molecule has 0 aliphatic rings. The molecule has 0 aliphatic carbocycles. The van der Waals surface area contributed by atoms with Crippen LogP contribution in [-0.4, -0.2) is 20.0 Å². The molecule has 0 fully saturated rings. The van der Waals surface area contributed by atoms with Crippen LogP contribution < -0.4 is 10.2 Å². The van der Waals surface area contributed by atoms with Crippen molar-refractivity contribution in [1.29, 1.82) is 0 Å². The summed E-state index contributed by atoms with van der Waals surface area (Å²) in [5, 5.41) is 2.93. The Bertz CT molecular complexity index is 949. The summed E-state index contributed by atoms with van der Waals surface area (Å²) in [4.78, 5) is 14.4. The lowest BCUT2D eigenvalue weighted by atomic mass is 10.1. The van der Waals surface area contributed by atoms with Crippen molar-refractivity contribution in [3.05, 3.63) is 95.6 Å². The van der Waals surface area contributed by atoms with Crippen molar-refractivity contribution < 1.29 is 4.79 Å². The van der Waals surface area contributed by atoms with Gasteiger partial charge in [-0.05, 0) is 54.6 Å². The fraction of sp³-hybridized carbons (Fsp3) is 0.0870. The molecule has 128 valence electrons. The molecular formula is C23H20N2O. The van der Waals surface area contributed by atoms with Gasteiger partial charge in [0.25, 0.3) is 5.91 Å². The number of hydrogen-bond acceptors (Lipinski definition) is 2. The maximum atomic E-state index is 12.4. The first kappa shape index (κ1) is 17.3. The summed E-state index contributed by atoms with van der Waals surface area (Å²) >= 11 is 0. The molecule has 1 amide bonds. The molecule has 0 aromatic heterocycles. The van der Waals surface area contributed by atoms with Crippen LogP contribution in [0.15, 0.2) is 78.9 Å². The third kappa shape index (κ3) is 4.52. The molecule has 0 atom stereocenters. The highest BCUT2D eigenvalue weighted by molar-refractivity contribution is 6.04. The SMILES string of the molecule is CN(C)c1ccc(C(=O)Nc2cccc(C#Cc3ccccc3)c2)cc1. The van der Waals surface area contributed by atoms with E-state index >= 15 is 0 Å². The van der Waals surface area contributed by atoms with Crippen molar-refractivity contribution in [2.75, 3.05) is 24.3 Å². The molecule has 3 aromatic rings. The zero-order valence-electron chi connectivity index (χ0n) is 14.9. The minimum atomic E-state index is -0.136. The lowest BCUT2D eigenvalue weighted by Gasteiger charge is -2.12. The van der Waals surface area contributed by atoms with Gasteiger partial charge < -0.3 is 10.2 Å². The van der Waals surface area contributed by atoms with Crippen LogP contribution in [0.3, 0.4) is 0 Å². The molecule has 1 N–H and O–H groups in total. The van der Waals surface area contributed by atoms with Crippen LogP contribution in [0.4, 0.5) is 11.4 Å². The third-order valence-electron chi connectivity index (χ3n) is 3.89. The number of benzene rings is 3. The zero-order valence-corrected chi connectivity index (χ0v) is 14.9. The maximum Gasteiger partial charge on any atom is 0.255 e. The topological polar surface area (TPSA) is 32.3 Å². The van der Waals surface area contributed by atoms with E-state index in [4.69, 9.17) is 0 Å². The largest absolute Gasteiger partial charge is 0.378 e. The Morgan fingerprint density at radius 3 is 2.15 bits per heavy atom. The van der Waals surface area contributed by atoms with Crippen LogP contribution in [-0.2, 0) is 0 Å². The van der Waals surface area contributed by atoms with Gasteiger partial charge in [-0.25, -0.2) is 0 Å². The summed E-state index contributed by atoms with van der Waals surface area (Å²) in [6.07, 6.45) is 0. The molecule has 0 saturated carbocycles. The van der Waals surface area contributed by atoms with E-state index in [1.54, 1.807) is 0 Å². The second-order valence-electron chi connectivity index (χ2n) is 6.09. The van der Waals surface area contributed by atoms with Crippen molar-refractivity contribution in [2.45, 2.75) is 0 Å². The lowest BCUT2D eigenvalue weighted by molar-refractivity contribution is 0.102. The first-order valence-corrected chi connectivity index (χ1v) is 8.38. The summed E-state index contributed by atoms with van der Waals surface area (Å²) in [6, 6.07) is 24.9. The van der Waals surface area contributed by atoms with Crippen LogP contribution >= 0.6 is 0 Å². The highest BCUT2D eigenvalue weighted by Gasteiger charge is 2.06. The molecule has 3 heteroatoms. The van der Waals surface area contributed by atoms with Crippen LogP contribution in [0, 0.1) is 11.8 Å². The molecule has 3 rings (SSSR count). The van der Waals surface area contributed by atoms with E-state index in [1.165, 1.54) is 0 Å². The molecule has 0 aliphatic heterocycles. The highest BCUT2D eigenvalue weighted by Crippen LogP contribution is 2.15. The molecule has 0 spiro atoms. The van der Waals surface area contributed by atoms with Crippen LogP contribution in [0.1, 0.15) is 21.5 Å². The van der Waals surface area contributed by atoms with Gasteiger partial charge in [-0.1, -0.05) is 36.1 Å². The fourth-order valence-electron chi connectivity index (χ4n) is 2.45. The van der Waals surface area contributed by atoms with E-state index in [0.29, 0.717) is 5.56 Å². The number of carbonyl (C=O) groups excluding carboxylic acids is 1. The minimum Gasteiger partial charge on any atom is -0.378 e. The van der Waals surface area contributed by atoms with Crippen molar-refractivity contribution in [1.82, 2.24) is 0 Å². The van der Waals surface area contributed by atoms with Gasteiger partial charge in [0.05, 0.1) is 0 Å². The molecule has 0 heterocycles. The normalized spacial score (nSPS) is 9.77. The first-order valence-electron chi connectivity index (χ1n) is 8.38. The van der Waals surface area contributed by atoms with Crippen molar-refractivity contribution in [3.63, 3.8) is 0 Å². The van der Waals surface area contributed by atoms with Gasteiger partial charge in [-0.3, -0.25) is 4.79 Å². The molecule has 26 heavy (non-hydrogen) atoms. The minimum absolute atomic E-state index is 0.136. The second kappa shape index (κ2) is 8.04. The van der Waals surface area contributed by atoms with Crippen LogP contribution in [0.2, 0.25) is 0 Å². The average Bonchev–Trinajstić information content (AvgIpc) is 2.67. The highest BCUT2D eigenvalue weighted by atomic mass is 16.1. The zero-order chi connectivity index (χ0) is 18.4. The molecule has 0 radical (unpaired) electrons. The van der Waals surface area contributed by atoms with E-state index in [1.807, 2.05) is 97.9 Å². The molecule has 0 saturated heterocycles. The summed E-state index contributed by atoms with van der Waals surface area (Å²) in [5.74, 6) is 6.11. The molecule has 3 nitrogen and oxygen atoms in total. The number of hydrogen-bond donors (Lipinski definition) is 1. The van der Waals surface area contributed by atoms with Gasteiger partial charge in [-0.15, -0.1) is 0 Å². The van der Waals surface area contributed by atoms with Crippen molar-refractivity contribution in [3.8, 4) is 11.8 Å². The van der Waals surface area contributed by atoms with Crippen molar-refractivity contribution >= 4 is 17.3 Å². The van der Waals surface area contributed by atoms with Gasteiger partial charge in [0.2, 0.25) is 0 Å². The van der Waals surface area contributed by atoms with Gasteiger partial charge in [0.15, 0.2) is 0 Å². The van der Waals surface area contributed by atoms with E-state index < -0.39 is 0 Å². The number of carbonyl (C=O) groups is 1. The summed E-state index contributed by atoms with van der Waals surface area (Å²) in [5.41, 5.74) is 4.22. The lowest BCUT2D eigenvalue weighted by Crippen LogP contribution is -2.13. The standard InChI is InChI=1S/C23H20N2O/c1-25(2)22-15-13-20(14-16-22)23(26)24-21-10-6-9-19(17-21)12-11-18-7-4-3-5-8-18/h3-10,13-17H,1-2H3,(H,24,26). The predicted molar refractivity (Wildman–Crippen MR) is 108 cm³/mol. The summed E-state index contributed by atoms with van der Waals surface area (Å²) in [7, 11) is 3.94. The van der Waals surface area contributed by atoms with Gasteiger partial charge in [0.1, 0.15) is 0 Å². The Hall–Kier alpha value is -3.51. The van der Waals surface area contributed by atoms with Crippen molar-refractivity contribution in [2.24, 2.45) is 0 Å². The molecule has 0 unspecified atom stereocenters. The Balaban J connectivity index is 1.72. The summed E-state index contributed by atoms with van der Waals surface area (Å²) in [6.45, 7) is 0. The number of amides is 1. The first-order chi connectivity index (χ1) is 12.6. The average molecular weight is 340 g/mol. The van der Waals surface area contributed by atoms with E-state index in [0.717, 1.165) is 22.5 Å². The number of rotatable bonds is 3. The van der Waals surface area contributed by atoms with E-state index in [2.05, 4.69) is 17.2 Å². The van der Waals surface area contributed by atoms with Gasteiger partial charge in [0, 0.05) is 42.2 Å². The number of nitrogens with zero attached hydrogens (tertiary/aromatic N) is 1. The van der Waals surface area contributed by atoms with Crippen LogP contribution in [0.5, 0.6) is 0 Å². The Kier molecular flexibility index (Phi) is 5.36. The molecule has 3 aromatic carbocycles. The third-order valence-corrected chi connectivity index (χ3v) is 3.89. The molecule has 0 bridgehead atoms. The number of anilines is 2. The molecular weight excluding hydrogens is 320 g/mol. The fourth-order valence-corrected chi connectivity index (χ4v) is 2.45. The Morgan fingerprint density at radius 1 is 0.808 bits per heavy atom. The Morgan fingerprint density at radius 2 is 1.46 bits per heavy atom. The van der Waals surface area contributed by atoms with E-state index in [-0.39, 0.29) is 5.91 Å². The monoisotopic (exact) mass is 340 g/mol. The predicted octanol–water partition coefficient (Wildman–Crippen LogP) is 4.40. The van der Waals surface area contributed by atoms with Crippen LogP contribution in [0.25, 0.3) is 0 Å². The quantitative estimate of drug-likeness (QED) is 0.717. The van der Waals surface area contributed by atoms with E-state index in [9.17, 15) is 4.79 Å². The van der Waals surface area contributed by atoms with Gasteiger partial charge in [-0.2, -0.15) is 0 Å². The maximum absolute atomic E-state index is 12.4. The second-order valence-corrected chi connectivity index (χ2v) is 6.09. The smallest absolute Gasteiger partial charge is 0.255 e. The Labute approximate surface area is 154 Å².